The summed E-state index contributed by atoms with van der Waals surface area (Å²) in [4.78, 5) is 7.83. The van der Waals surface area contributed by atoms with Crippen LogP contribution in [0.15, 0.2) is 35.2 Å². The maximum Gasteiger partial charge on any atom is 0.157 e. The molecule has 0 aliphatic carbocycles. The van der Waals surface area contributed by atoms with Crippen molar-refractivity contribution in [2.45, 2.75) is 0 Å². The molecule has 3 N–H and O–H groups in total. The van der Waals surface area contributed by atoms with Crippen LogP contribution in [0.3, 0.4) is 0 Å². The third-order valence-corrected chi connectivity index (χ3v) is 2.74. The van der Waals surface area contributed by atoms with Crippen molar-refractivity contribution >= 4 is 44.7 Å². The minimum atomic E-state index is 0.471. The fraction of sp³-hybridized carbons (Fsp3) is 0. The van der Waals surface area contributed by atoms with Gasteiger partial charge in [-0.2, -0.15) is 0 Å². The Balaban J connectivity index is 2.34. The van der Waals surface area contributed by atoms with Crippen LogP contribution in [0.25, 0.3) is 0 Å². The molecule has 0 radical (unpaired) electrons. The summed E-state index contributed by atoms with van der Waals surface area (Å²) in [7, 11) is 0. The standard InChI is InChI=1S/C10H8BrClN4/c11-6-1-2-7(12)9(3-6)16-10-8(13)4-14-5-15-10/h1-5H,13H2,(H,14,15,16). The number of aromatic nitrogens is 2. The molecule has 16 heavy (non-hydrogen) atoms. The van der Waals surface area contributed by atoms with Crippen LogP contribution in [0.1, 0.15) is 0 Å². The number of nitrogen functional groups attached to an aromatic ring is 1. The molecule has 0 unspecified atom stereocenters. The van der Waals surface area contributed by atoms with Gasteiger partial charge in [-0.3, -0.25) is 0 Å². The summed E-state index contributed by atoms with van der Waals surface area (Å²) in [6, 6.07) is 5.49. The topological polar surface area (TPSA) is 63.8 Å². The predicted octanol–water partition coefficient (Wildman–Crippen LogP) is 3.22. The molecular formula is C10H8BrClN4. The van der Waals surface area contributed by atoms with Crippen LogP contribution in [0, 0.1) is 0 Å². The van der Waals surface area contributed by atoms with Gasteiger partial charge in [-0.1, -0.05) is 27.5 Å². The fourth-order valence-corrected chi connectivity index (χ4v) is 1.69. The number of nitrogens with two attached hydrogens (primary N) is 1. The van der Waals surface area contributed by atoms with Gasteiger partial charge in [-0.05, 0) is 18.2 Å². The molecule has 0 spiro atoms. The second-order valence-corrected chi connectivity index (χ2v) is 4.40. The average Bonchev–Trinajstić information content (AvgIpc) is 2.27. The van der Waals surface area contributed by atoms with E-state index in [1.807, 2.05) is 12.1 Å². The molecule has 0 bridgehead atoms. The van der Waals surface area contributed by atoms with Crippen LogP contribution in [0.4, 0.5) is 17.2 Å². The summed E-state index contributed by atoms with van der Waals surface area (Å²) < 4.78 is 0.923. The van der Waals surface area contributed by atoms with Gasteiger partial charge in [-0.15, -0.1) is 0 Å². The minimum absolute atomic E-state index is 0.471. The van der Waals surface area contributed by atoms with Gasteiger partial charge in [-0.25, -0.2) is 9.97 Å². The molecule has 0 saturated carbocycles. The van der Waals surface area contributed by atoms with Gasteiger partial charge >= 0.3 is 0 Å². The lowest BCUT2D eigenvalue weighted by Gasteiger charge is -2.09. The quantitative estimate of drug-likeness (QED) is 0.893. The Labute approximate surface area is 106 Å². The Bertz CT molecular complexity index is 518. The number of rotatable bonds is 2. The van der Waals surface area contributed by atoms with Crippen LogP contribution >= 0.6 is 27.5 Å². The largest absolute Gasteiger partial charge is 0.394 e. The van der Waals surface area contributed by atoms with Gasteiger partial charge in [0.1, 0.15) is 6.33 Å². The number of hydrogen-bond donors (Lipinski definition) is 2. The van der Waals surface area contributed by atoms with Gasteiger partial charge in [0.15, 0.2) is 5.82 Å². The summed E-state index contributed by atoms with van der Waals surface area (Å²) in [5.74, 6) is 0.537. The van der Waals surface area contributed by atoms with E-state index in [-0.39, 0.29) is 0 Å². The van der Waals surface area contributed by atoms with Gasteiger partial charge in [0.05, 0.1) is 22.6 Å². The number of hydrogen-bond acceptors (Lipinski definition) is 4. The van der Waals surface area contributed by atoms with Crippen LogP contribution in [-0.4, -0.2) is 9.97 Å². The Kier molecular flexibility index (Phi) is 3.26. The van der Waals surface area contributed by atoms with E-state index in [9.17, 15) is 0 Å². The van der Waals surface area contributed by atoms with Gasteiger partial charge < -0.3 is 11.1 Å². The van der Waals surface area contributed by atoms with Crippen molar-refractivity contribution in [3.63, 3.8) is 0 Å². The molecule has 4 nitrogen and oxygen atoms in total. The van der Waals surface area contributed by atoms with Crippen LogP contribution in [0.5, 0.6) is 0 Å². The molecule has 1 aromatic carbocycles. The molecule has 82 valence electrons. The van der Waals surface area contributed by atoms with Gasteiger partial charge in [0.2, 0.25) is 0 Å². The van der Waals surface area contributed by atoms with Crippen molar-refractivity contribution in [3.05, 3.63) is 40.2 Å². The summed E-state index contributed by atoms with van der Waals surface area (Å²) >= 11 is 9.40. The second-order valence-electron chi connectivity index (χ2n) is 3.08. The summed E-state index contributed by atoms with van der Waals surface area (Å²) in [6.07, 6.45) is 2.95. The lowest BCUT2D eigenvalue weighted by Crippen LogP contribution is -2.00. The van der Waals surface area contributed by atoms with E-state index < -0.39 is 0 Å². The van der Waals surface area contributed by atoms with E-state index in [1.165, 1.54) is 12.5 Å². The Morgan fingerprint density at radius 2 is 2.19 bits per heavy atom. The van der Waals surface area contributed by atoms with E-state index >= 15 is 0 Å². The number of nitrogens with zero attached hydrogens (tertiary/aromatic N) is 2. The van der Waals surface area contributed by atoms with E-state index in [2.05, 4.69) is 31.2 Å². The Morgan fingerprint density at radius 1 is 1.38 bits per heavy atom. The third-order valence-electron chi connectivity index (χ3n) is 1.92. The second kappa shape index (κ2) is 4.67. The van der Waals surface area contributed by atoms with E-state index in [0.29, 0.717) is 16.5 Å². The van der Waals surface area contributed by atoms with Crippen molar-refractivity contribution in [1.82, 2.24) is 9.97 Å². The minimum Gasteiger partial charge on any atom is -0.394 e. The first-order chi connectivity index (χ1) is 7.66. The Morgan fingerprint density at radius 3 is 2.94 bits per heavy atom. The van der Waals surface area contributed by atoms with Crippen LogP contribution in [-0.2, 0) is 0 Å². The molecule has 6 heteroatoms. The lowest BCUT2D eigenvalue weighted by atomic mass is 10.3. The molecule has 0 aliphatic rings. The first kappa shape index (κ1) is 11.2. The molecule has 1 heterocycles. The molecule has 0 amide bonds. The molecule has 0 saturated heterocycles. The highest BCUT2D eigenvalue weighted by molar-refractivity contribution is 9.10. The molecule has 2 rings (SSSR count). The van der Waals surface area contributed by atoms with Crippen molar-refractivity contribution in [2.75, 3.05) is 11.1 Å². The molecular weight excluding hydrogens is 291 g/mol. The smallest absolute Gasteiger partial charge is 0.157 e. The third kappa shape index (κ3) is 2.43. The average molecular weight is 300 g/mol. The summed E-state index contributed by atoms with van der Waals surface area (Å²) in [6.45, 7) is 0. The van der Waals surface area contributed by atoms with Crippen molar-refractivity contribution in [1.29, 1.82) is 0 Å². The summed E-state index contributed by atoms with van der Waals surface area (Å²) in [5, 5.41) is 3.64. The molecule has 0 atom stereocenters. The van der Waals surface area contributed by atoms with Crippen molar-refractivity contribution in [2.24, 2.45) is 0 Å². The molecule has 0 aliphatic heterocycles. The summed E-state index contributed by atoms with van der Waals surface area (Å²) in [5.41, 5.74) is 6.92. The first-order valence-corrected chi connectivity index (χ1v) is 5.61. The number of halogens is 2. The highest BCUT2D eigenvalue weighted by Gasteiger charge is 2.04. The van der Waals surface area contributed by atoms with Crippen LogP contribution < -0.4 is 11.1 Å². The zero-order valence-corrected chi connectivity index (χ0v) is 10.5. The van der Waals surface area contributed by atoms with E-state index in [0.717, 1.165) is 10.2 Å². The molecule has 2 aromatic rings. The van der Waals surface area contributed by atoms with E-state index in [1.54, 1.807) is 6.07 Å². The number of nitrogens with one attached hydrogen (secondary N) is 1. The number of anilines is 3. The van der Waals surface area contributed by atoms with Gasteiger partial charge in [0, 0.05) is 4.47 Å². The fourth-order valence-electron chi connectivity index (χ4n) is 1.17. The zero-order valence-electron chi connectivity index (χ0n) is 8.11. The molecule has 0 fully saturated rings. The highest BCUT2D eigenvalue weighted by atomic mass is 79.9. The lowest BCUT2D eigenvalue weighted by molar-refractivity contribution is 1.17. The highest BCUT2D eigenvalue weighted by Crippen LogP contribution is 2.29. The van der Waals surface area contributed by atoms with Crippen LogP contribution in [0.2, 0.25) is 5.02 Å². The van der Waals surface area contributed by atoms with Crippen molar-refractivity contribution in [3.8, 4) is 0 Å². The first-order valence-electron chi connectivity index (χ1n) is 4.44. The number of benzene rings is 1. The maximum absolute atomic E-state index is 6.03. The monoisotopic (exact) mass is 298 g/mol. The predicted molar refractivity (Wildman–Crippen MR) is 68.9 cm³/mol. The van der Waals surface area contributed by atoms with Crippen molar-refractivity contribution < 1.29 is 0 Å². The SMILES string of the molecule is Nc1cncnc1Nc1cc(Br)ccc1Cl. The molecule has 1 aromatic heterocycles. The zero-order chi connectivity index (χ0) is 11.5. The van der Waals surface area contributed by atoms with Gasteiger partial charge in [0.25, 0.3) is 0 Å². The normalized spacial score (nSPS) is 10.1. The Hall–Kier alpha value is -1.33. The van der Waals surface area contributed by atoms with E-state index in [4.69, 9.17) is 17.3 Å². The maximum atomic E-state index is 6.03.